The van der Waals surface area contributed by atoms with E-state index in [-0.39, 0.29) is 17.2 Å². The first kappa shape index (κ1) is 19.2. The van der Waals surface area contributed by atoms with Gasteiger partial charge in [0.25, 0.3) is 11.8 Å². The summed E-state index contributed by atoms with van der Waals surface area (Å²) in [6.45, 7) is 5.91. The first-order valence-corrected chi connectivity index (χ1v) is 10.5. The van der Waals surface area contributed by atoms with Crippen molar-refractivity contribution in [2.45, 2.75) is 6.92 Å². The van der Waals surface area contributed by atoms with Crippen molar-refractivity contribution in [1.29, 1.82) is 0 Å². The molecule has 0 bridgehead atoms. The first-order valence-electron chi connectivity index (χ1n) is 9.73. The molecule has 0 N–H and O–H groups in total. The van der Waals surface area contributed by atoms with Gasteiger partial charge < -0.3 is 14.7 Å². The van der Waals surface area contributed by atoms with Crippen LogP contribution >= 0.6 is 11.3 Å². The molecular formula is C22H27N3O2S. The lowest BCUT2D eigenvalue weighted by atomic mass is 9.71. The van der Waals surface area contributed by atoms with Gasteiger partial charge in [-0.25, -0.2) is 0 Å². The van der Waals surface area contributed by atoms with Gasteiger partial charge in [-0.3, -0.25) is 9.59 Å². The third-order valence-corrected chi connectivity index (χ3v) is 6.94. The van der Waals surface area contributed by atoms with Gasteiger partial charge in [-0.05, 0) is 51.2 Å². The fraction of sp³-hybridized carbons (Fsp3) is 0.455. The predicted molar refractivity (Wildman–Crippen MR) is 112 cm³/mol. The van der Waals surface area contributed by atoms with E-state index in [1.54, 1.807) is 11.3 Å². The maximum atomic E-state index is 13.0. The van der Waals surface area contributed by atoms with Crippen LogP contribution < -0.4 is 0 Å². The molecule has 0 saturated carbocycles. The first-order chi connectivity index (χ1) is 13.4. The van der Waals surface area contributed by atoms with Gasteiger partial charge in [0, 0.05) is 48.6 Å². The Hall–Kier alpha value is -2.18. The van der Waals surface area contributed by atoms with Gasteiger partial charge in [0.05, 0.1) is 4.88 Å². The van der Waals surface area contributed by atoms with E-state index in [4.69, 9.17) is 0 Å². The molecule has 148 valence electrons. The fourth-order valence-corrected chi connectivity index (χ4v) is 5.40. The summed E-state index contributed by atoms with van der Waals surface area (Å²) in [6.07, 6.45) is 0. The molecule has 2 fully saturated rings. The Morgan fingerprint density at radius 3 is 2.32 bits per heavy atom. The number of carbonyl (C=O) groups excluding carboxylic acids is 2. The number of amides is 2. The van der Waals surface area contributed by atoms with Crippen LogP contribution in [0.25, 0.3) is 0 Å². The summed E-state index contributed by atoms with van der Waals surface area (Å²) >= 11 is 1.55. The summed E-state index contributed by atoms with van der Waals surface area (Å²) < 4.78 is 0. The Morgan fingerprint density at radius 2 is 1.71 bits per heavy atom. The third-order valence-electron chi connectivity index (χ3n) is 5.96. The molecule has 28 heavy (non-hydrogen) atoms. The minimum atomic E-state index is 0.0106. The van der Waals surface area contributed by atoms with Crippen LogP contribution in [0.15, 0.2) is 42.5 Å². The van der Waals surface area contributed by atoms with Crippen molar-refractivity contribution in [3.63, 3.8) is 0 Å². The molecule has 3 heterocycles. The maximum absolute atomic E-state index is 13.0. The van der Waals surface area contributed by atoms with Gasteiger partial charge in [0.1, 0.15) is 0 Å². The van der Waals surface area contributed by atoms with Gasteiger partial charge in [0.15, 0.2) is 0 Å². The molecule has 2 saturated heterocycles. The molecule has 1 aromatic carbocycles. The summed E-state index contributed by atoms with van der Waals surface area (Å²) in [6, 6.07) is 13.4. The van der Waals surface area contributed by atoms with Gasteiger partial charge in [0.2, 0.25) is 0 Å². The van der Waals surface area contributed by atoms with Crippen LogP contribution in [-0.2, 0) is 0 Å². The van der Waals surface area contributed by atoms with Crippen molar-refractivity contribution < 1.29 is 9.59 Å². The molecule has 6 heteroatoms. The van der Waals surface area contributed by atoms with Crippen molar-refractivity contribution in [2.75, 3.05) is 46.8 Å². The number of thiophene rings is 1. The normalized spacial score (nSPS) is 20.6. The van der Waals surface area contributed by atoms with Crippen LogP contribution in [0.5, 0.6) is 0 Å². The van der Waals surface area contributed by atoms with E-state index in [1.165, 1.54) is 0 Å². The van der Waals surface area contributed by atoms with Crippen LogP contribution in [0.4, 0.5) is 0 Å². The van der Waals surface area contributed by atoms with Gasteiger partial charge in [-0.1, -0.05) is 18.2 Å². The molecule has 2 amide bonds. The number of carbonyl (C=O) groups is 2. The third kappa shape index (κ3) is 3.47. The summed E-state index contributed by atoms with van der Waals surface area (Å²) in [4.78, 5) is 33.9. The molecule has 1 atom stereocenters. The molecule has 2 aliphatic heterocycles. The van der Waals surface area contributed by atoms with Gasteiger partial charge in [-0.15, -0.1) is 11.3 Å². The highest BCUT2D eigenvalue weighted by molar-refractivity contribution is 7.13. The van der Waals surface area contributed by atoms with Crippen molar-refractivity contribution in [3.05, 3.63) is 57.8 Å². The standard InChI is InChI=1S/C22H27N3O2S/c1-16-9-10-19(28-16)21(27)25-14-22(15-25)13-24(12-18(22)11-23(2)3)20(26)17-7-5-4-6-8-17/h4-10,18H,11-15H2,1-3H3. The van der Waals surface area contributed by atoms with E-state index >= 15 is 0 Å². The Morgan fingerprint density at radius 1 is 1.04 bits per heavy atom. The van der Waals surface area contributed by atoms with E-state index in [9.17, 15) is 9.59 Å². The SMILES string of the molecule is Cc1ccc(C(=O)N2CC3(CN(C(=O)c4ccccc4)CC3CN(C)C)C2)s1. The Bertz CT molecular complexity index is 871. The highest BCUT2D eigenvalue weighted by atomic mass is 32.1. The van der Waals surface area contributed by atoms with Crippen molar-refractivity contribution in [1.82, 2.24) is 14.7 Å². The highest BCUT2D eigenvalue weighted by Crippen LogP contribution is 2.45. The monoisotopic (exact) mass is 397 g/mol. The number of hydrogen-bond acceptors (Lipinski definition) is 4. The molecule has 1 unspecified atom stereocenters. The largest absolute Gasteiger partial charge is 0.338 e. The second-order valence-corrected chi connectivity index (χ2v) is 9.73. The van der Waals surface area contributed by atoms with Crippen LogP contribution in [-0.4, -0.2) is 73.3 Å². The summed E-state index contributed by atoms with van der Waals surface area (Å²) in [5.74, 6) is 0.601. The number of rotatable bonds is 4. The number of nitrogens with zero attached hydrogens (tertiary/aromatic N) is 3. The summed E-state index contributed by atoms with van der Waals surface area (Å²) in [5, 5.41) is 0. The summed E-state index contributed by atoms with van der Waals surface area (Å²) in [7, 11) is 4.15. The fourth-order valence-electron chi connectivity index (χ4n) is 4.56. The molecule has 1 aromatic heterocycles. The topological polar surface area (TPSA) is 43.9 Å². The minimum absolute atomic E-state index is 0.0106. The highest BCUT2D eigenvalue weighted by Gasteiger charge is 2.56. The van der Waals surface area contributed by atoms with Crippen LogP contribution in [0.2, 0.25) is 0 Å². The second-order valence-electron chi connectivity index (χ2n) is 8.44. The maximum Gasteiger partial charge on any atom is 0.263 e. The smallest absolute Gasteiger partial charge is 0.263 e. The molecule has 5 nitrogen and oxygen atoms in total. The van der Waals surface area contributed by atoms with E-state index < -0.39 is 0 Å². The number of hydrogen-bond donors (Lipinski definition) is 0. The van der Waals surface area contributed by atoms with E-state index in [1.807, 2.05) is 59.2 Å². The number of benzene rings is 1. The molecule has 0 aliphatic carbocycles. The second kappa shape index (κ2) is 7.33. The number of aryl methyl sites for hydroxylation is 1. The summed E-state index contributed by atoms with van der Waals surface area (Å²) in [5.41, 5.74) is 0.751. The van der Waals surface area contributed by atoms with Crippen LogP contribution in [0.1, 0.15) is 24.9 Å². The molecule has 4 rings (SSSR count). The zero-order valence-corrected chi connectivity index (χ0v) is 17.5. The lowest BCUT2D eigenvalue weighted by Crippen LogP contribution is -2.63. The average Bonchev–Trinajstić information content (AvgIpc) is 3.24. The zero-order valence-electron chi connectivity index (χ0n) is 16.7. The van der Waals surface area contributed by atoms with Crippen LogP contribution in [0, 0.1) is 18.3 Å². The average molecular weight is 398 g/mol. The van der Waals surface area contributed by atoms with Crippen molar-refractivity contribution in [3.8, 4) is 0 Å². The Labute approximate surface area is 170 Å². The van der Waals surface area contributed by atoms with Gasteiger partial charge in [-0.2, -0.15) is 0 Å². The molecule has 1 spiro atoms. The lowest BCUT2D eigenvalue weighted by molar-refractivity contribution is -0.0144. The molecule has 2 aromatic rings. The number of likely N-dealkylation sites (tertiary alicyclic amines) is 2. The minimum Gasteiger partial charge on any atom is -0.338 e. The zero-order chi connectivity index (χ0) is 19.9. The van der Waals surface area contributed by atoms with E-state index in [0.717, 1.165) is 48.0 Å². The van der Waals surface area contributed by atoms with E-state index in [0.29, 0.717) is 5.92 Å². The van der Waals surface area contributed by atoms with Crippen molar-refractivity contribution in [2.24, 2.45) is 11.3 Å². The Kier molecular flexibility index (Phi) is 5.02. The molecule has 0 radical (unpaired) electrons. The van der Waals surface area contributed by atoms with Gasteiger partial charge >= 0.3 is 0 Å². The lowest BCUT2D eigenvalue weighted by Gasteiger charge is -2.51. The van der Waals surface area contributed by atoms with Crippen LogP contribution in [0.3, 0.4) is 0 Å². The van der Waals surface area contributed by atoms with Crippen molar-refractivity contribution >= 4 is 23.2 Å². The molecular weight excluding hydrogens is 370 g/mol. The Balaban J connectivity index is 1.49. The predicted octanol–water partition coefficient (Wildman–Crippen LogP) is 2.83. The quantitative estimate of drug-likeness (QED) is 0.797. The van der Waals surface area contributed by atoms with E-state index in [2.05, 4.69) is 19.0 Å². The molecule has 2 aliphatic rings.